The number of amides is 1. The number of hydrogen-bond acceptors (Lipinski definition) is 2. The summed E-state index contributed by atoms with van der Waals surface area (Å²) in [5.41, 5.74) is 0.346. The minimum atomic E-state index is -0.601. The summed E-state index contributed by atoms with van der Waals surface area (Å²) in [7, 11) is 1.68. The Balaban J connectivity index is 1.66. The van der Waals surface area contributed by atoms with E-state index < -0.39 is 11.6 Å². The molecule has 2 aliphatic heterocycles. The van der Waals surface area contributed by atoms with Gasteiger partial charge in [0.2, 0.25) is 5.91 Å². The molecule has 5 heteroatoms. The molecule has 20 heavy (non-hydrogen) atoms. The van der Waals surface area contributed by atoms with Crippen LogP contribution in [0.2, 0.25) is 0 Å². The monoisotopic (exact) mass is 280 g/mol. The maximum absolute atomic E-state index is 13.6. The largest absolute Gasteiger partial charge is 0.341 e. The predicted molar refractivity (Wildman–Crippen MR) is 70.9 cm³/mol. The predicted octanol–water partition coefficient (Wildman–Crippen LogP) is 2.06. The van der Waals surface area contributed by atoms with Crippen molar-refractivity contribution in [2.75, 3.05) is 7.05 Å². The van der Waals surface area contributed by atoms with E-state index in [1.165, 1.54) is 12.1 Å². The molecule has 2 fully saturated rings. The Morgan fingerprint density at radius 2 is 2.20 bits per heavy atom. The molecule has 0 aromatic heterocycles. The van der Waals surface area contributed by atoms with Crippen LogP contribution >= 0.6 is 0 Å². The molecule has 2 saturated heterocycles. The first-order chi connectivity index (χ1) is 9.54. The summed E-state index contributed by atoms with van der Waals surface area (Å²) in [6, 6.07) is 4.20. The zero-order chi connectivity index (χ0) is 14.3. The van der Waals surface area contributed by atoms with Crippen molar-refractivity contribution in [3.8, 4) is 0 Å². The van der Waals surface area contributed by atoms with E-state index in [0.29, 0.717) is 11.6 Å². The first kappa shape index (κ1) is 13.5. The van der Waals surface area contributed by atoms with Crippen molar-refractivity contribution in [3.05, 3.63) is 35.4 Å². The van der Waals surface area contributed by atoms with Crippen LogP contribution < -0.4 is 5.32 Å². The maximum Gasteiger partial charge on any atom is 0.227 e. The molecule has 2 bridgehead atoms. The van der Waals surface area contributed by atoms with Gasteiger partial charge in [0.1, 0.15) is 11.6 Å². The van der Waals surface area contributed by atoms with Crippen LogP contribution in [0.1, 0.15) is 24.8 Å². The molecule has 3 nitrogen and oxygen atoms in total. The van der Waals surface area contributed by atoms with Gasteiger partial charge in [0.05, 0.1) is 5.92 Å². The van der Waals surface area contributed by atoms with Crippen molar-refractivity contribution in [2.24, 2.45) is 5.92 Å². The van der Waals surface area contributed by atoms with Gasteiger partial charge in [-0.1, -0.05) is 6.07 Å². The SMILES string of the molecule is CN(Cc1ccc(F)cc1F)C(=O)C1CC2CCC1N2. The number of carbonyl (C=O) groups excluding carboxylic acids is 1. The highest BCUT2D eigenvalue weighted by Gasteiger charge is 2.43. The average Bonchev–Trinajstić information content (AvgIpc) is 3.03. The fourth-order valence-electron chi connectivity index (χ4n) is 3.36. The van der Waals surface area contributed by atoms with Crippen LogP contribution in [-0.2, 0) is 11.3 Å². The molecule has 1 amide bonds. The lowest BCUT2D eigenvalue weighted by molar-refractivity contribution is -0.135. The highest BCUT2D eigenvalue weighted by Crippen LogP contribution is 2.34. The van der Waals surface area contributed by atoms with Gasteiger partial charge in [-0.25, -0.2) is 8.78 Å². The first-order valence-corrected chi connectivity index (χ1v) is 6.99. The second-order valence-electron chi connectivity index (χ2n) is 5.82. The van der Waals surface area contributed by atoms with E-state index in [-0.39, 0.29) is 24.4 Å². The number of fused-ring (bicyclic) bond motifs is 2. The molecular formula is C15H18F2N2O. The minimum absolute atomic E-state index is 0.00209. The van der Waals surface area contributed by atoms with Crippen LogP contribution in [0, 0.1) is 17.6 Å². The summed E-state index contributed by atoms with van der Waals surface area (Å²) in [4.78, 5) is 14.0. The summed E-state index contributed by atoms with van der Waals surface area (Å²) >= 11 is 0. The highest BCUT2D eigenvalue weighted by atomic mass is 19.1. The van der Waals surface area contributed by atoms with Crippen molar-refractivity contribution in [3.63, 3.8) is 0 Å². The molecule has 0 aliphatic carbocycles. The number of benzene rings is 1. The standard InChI is InChI=1S/C15H18F2N2O/c1-19(8-9-2-3-10(16)6-13(9)17)15(20)12-7-11-4-5-14(12)18-11/h2-3,6,11-12,14,18H,4-5,7-8H2,1H3. The Hall–Kier alpha value is -1.49. The molecule has 1 N–H and O–H groups in total. The minimum Gasteiger partial charge on any atom is -0.341 e. The number of halogens is 2. The molecule has 0 radical (unpaired) electrons. The zero-order valence-electron chi connectivity index (χ0n) is 11.4. The first-order valence-electron chi connectivity index (χ1n) is 6.99. The molecule has 0 saturated carbocycles. The lowest BCUT2D eigenvalue weighted by atomic mass is 9.88. The lowest BCUT2D eigenvalue weighted by Gasteiger charge is -2.25. The van der Waals surface area contributed by atoms with Crippen LogP contribution in [0.3, 0.4) is 0 Å². The Morgan fingerprint density at radius 1 is 1.40 bits per heavy atom. The van der Waals surface area contributed by atoms with Crippen molar-refractivity contribution in [1.82, 2.24) is 10.2 Å². The Bertz CT molecular complexity index is 535. The highest BCUT2D eigenvalue weighted by molar-refractivity contribution is 5.80. The van der Waals surface area contributed by atoms with Gasteiger partial charge in [-0.3, -0.25) is 4.79 Å². The van der Waals surface area contributed by atoms with Gasteiger partial charge in [-0.05, 0) is 25.3 Å². The van der Waals surface area contributed by atoms with E-state index in [9.17, 15) is 13.6 Å². The molecular weight excluding hydrogens is 262 g/mol. The summed E-state index contributed by atoms with van der Waals surface area (Å²) in [5.74, 6) is -1.15. The number of hydrogen-bond donors (Lipinski definition) is 1. The zero-order valence-corrected chi connectivity index (χ0v) is 11.4. The summed E-state index contributed by atoms with van der Waals surface area (Å²) in [6.45, 7) is 0.179. The maximum atomic E-state index is 13.6. The van der Waals surface area contributed by atoms with Crippen molar-refractivity contribution in [2.45, 2.75) is 37.9 Å². The fourth-order valence-corrected chi connectivity index (χ4v) is 3.36. The van der Waals surface area contributed by atoms with E-state index in [4.69, 9.17) is 0 Å². The average molecular weight is 280 g/mol. The number of carbonyl (C=O) groups is 1. The van der Waals surface area contributed by atoms with Crippen LogP contribution in [0.5, 0.6) is 0 Å². The van der Waals surface area contributed by atoms with Crippen LogP contribution in [0.25, 0.3) is 0 Å². The van der Waals surface area contributed by atoms with E-state index in [0.717, 1.165) is 25.3 Å². The number of rotatable bonds is 3. The van der Waals surface area contributed by atoms with Gasteiger partial charge in [0.25, 0.3) is 0 Å². The van der Waals surface area contributed by atoms with Gasteiger partial charge < -0.3 is 10.2 Å². The normalized spacial score (nSPS) is 27.9. The third-order valence-electron chi connectivity index (χ3n) is 4.42. The van der Waals surface area contributed by atoms with Gasteiger partial charge in [0.15, 0.2) is 0 Å². The number of nitrogens with zero attached hydrogens (tertiary/aromatic N) is 1. The van der Waals surface area contributed by atoms with Crippen LogP contribution in [0.4, 0.5) is 8.78 Å². The summed E-state index contributed by atoms with van der Waals surface area (Å²) < 4.78 is 26.5. The summed E-state index contributed by atoms with van der Waals surface area (Å²) in [5, 5.41) is 3.43. The third kappa shape index (κ3) is 2.42. The Kier molecular flexibility index (Phi) is 3.46. The third-order valence-corrected chi connectivity index (χ3v) is 4.42. The Morgan fingerprint density at radius 3 is 2.80 bits per heavy atom. The molecule has 3 rings (SSSR count). The second-order valence-corrected chi connectivity index (χ2v) is 5.82. The van der Waals surface area contributed by atoms with E-state index in [1.807, 2.05) is 0 Å². The van der Waals surface area contributed by atoms with Crippen molar-refractivity contribution >= 4 is 5.91 Å². The molecule has 1 aromatic carbocycles. The van der Waals surface area contributed by atoms with Gasteiger partial charge in [-0.2, -0.15) is 0 Å². The van der Waals surface area contributed by atoms with Gasteiger partial charge >= 0.3 is 0 Å². The van der Waals surface area contributed by atoms with E-state index >= 15 is 0 Å². The molecule has 3 unspecified atom stereocenters. The van der Waals surface area contributed by atoms with Crippen molar-refractivity contribution in [1.29, 1.82) is 0 Å². The van der Waals surface area contributed by atoms with Crippen molar-refractivity contribution < 1.29 is 13.6 Å². The Labute approximate surface area is 117 Å². The van der Waals surface area contributed by atoms with E-state index in [2.05, 4.69) is 5.32 Å². The topological polar surface area (TPSA) is 32.3 Å². The molecule has 108 valence electrons. The number of nitrogens with one attached hydrogen (secondary N) is 1. The molecule has 2 heterocycles. The fraction of sp³-hybridized carbons (Fsp3) is 0.533. The lowest BCUT2D eigenvalue weighted by Crippen LogP contribution is -2.38. The van der Waals surface area contributed by atoms with Gasteiger partial charge in [0, 0.05) is 37.3 Å². The quantitative estimate of drug-likeness (QED) is 0.919. The van der Waals surface area contributed by atoms with Crippen LogP contribution in [-0.4, -0.2) is 29.9 Å². The van der Waals surface area contributed by atoms with Crippen LogP contribution in [0.15, 0.2) is 18.2 Å². The second kappa shape index (κ2) is 5.13. The molecule has 3 atom stereocenters. The molecule has 1 aromatic rings. The molecule has 0 spiro atoms. The van der Waals surface area contributed by atoms with E-state index in [1.54, 1.807) is 11.9 Å². The summed E-state index contributed by atoms with van der Waals surface area (Å²) in [6.07, 6.45) is 3.06. The van der Waals surface area contributed by atoms with Gasteiger partial charge in [-0.15, -0.1) is 0 Å². The molecule has 2 aliphatic rings. The smallest absolute Gasteiger partial charge is 0.227 e.